The van der Waals surface area contributed by atoms with Crippen molar-refractivity contribution in [1.29, 1.82) is 0 Å². The smallest absolute Gasteiger partial charge is 0.309 e. The van der Waals surface area contributed by atoms with E-state index in [1.165, 1.54) is 7.11 Å². The average molecular weight is 363 g/mol. The SMILES string of the molecule is COC(=O)C1CC1c1ccc(OCc2ccccc2)c2nc(OC)ccc12. The molecule has 138 valence electrons. The molecule has 4 rings (SSSR count). The summed E-state index contributed by atoms with van der Waals surface area (Å²) < 4.78 is 16.2. The van der Waals surface area contributed by atoms with Crippen LogP contribution in [-0.4, -0.2) is 25.2 Å². The van der Waals surface area contributed by atoms with Gasteiger partial charge in [-0.1, -0.05) is 36.4 Å². The van der Waals surface area contributed by atoms with Gasteiger partial charge in [0.25, 0.3) is 0 Å². The largest absolute Gasteiger partial charge is 0.487 e. The lowest BCUT2D eigenvalue weighted by atomic mass is 10.0. The number of carbonyl (C=O) groups excluding carboxylic acids is 1. The number of nitrogens with zero attached hydrogens (tertiary/aromatic N) is 1. The topological polar surface area (TPSA) is 57.7 Å². The first-order valence-corrected chi connectivity index (χ1v) is 8.93. The summed E-state index contributed by atoms with van der Waals surface area (Å²) >= 11 is 0. The van der Waals surface area contributed by atoms with Crippen LogP contribution in [0.2, 0.25) is 0 Å². The molecule has 0 amide bonds. The summed E-state index contributed by atoms with van der Waals surface area (Å²) in [5.41, 5.74) is 2.94. The molecule has 1 aliphatic rings. The molecule has 3 aromatic rings. The predicted molar refractivity (Wildman–Crippen MR) is 102 cm³/mol. The first kappa shape index (κ1) is 17.3. The molecule has 1 aliphatic carbocycles. The Kier molecular flexibility index (Phi) is 4.67. The minimum atomic E-state index is -0.154. The summed E-state index contributed by atoms with van der Waals surface area (Å²) in [5.74, 6) is 1.17. The number of aromatic nitrogens is 1. The Morgan fingerprint density at radius 3 is 2.63 bits per heavy atom. The molecular formula is C22H21NO4. The lowest BCUT2D eigenvalue weighted by molar-refractivity contribution is -0.142. The molecule has 0 spiro atoms. The molecule has 2 aromatic carbocycles. The highest BCUT2D eigenvalue weighted by atomic mass is 16.5. The van der Waals surface area contributed by atoms with E-state index in [0.717, 1.165) is 28.5 Å². The molecule has 27 heavy (non-hydrogen) atoms. The number of benzene rings is 2. The summed E-state index contributed by atoms with van der Waals surface area (Å²) in [7, 11) is 3.03. The average Bonchev–Trinajstić information content (AvgIpc) is 3.52. The van der Waals surface area contributed by atoms with Gasteiger partial charge in [-0.15, -0.1) is 0 Å². The number of hydrogen-bond acceptors (Lipinski definition) is 5. The van der Waals surface area contributed by atoms with E-state index < -0.39 is 0 Å². The van der Waals surface area contributed by atoms with Gasteiger partial charge >= 0.3 is 5.97 Å². The van der Waals surface area contributed by atoms with Crippen LogP contribution >= 0.6 is 0 Å². The zero-order valence-corrected chi connectivity index (χ0v) is 15.3. The van der Waals surface area contributed by atoms with Gasteiger partial charge < -0.3 is 14.2 Å². The highest BCUT2D eigenvalue weighted by Crippen LogP contribution is 2.50. The third-order valence-electron chi connectivity index (χ3n) is 4.97. The maximum Gasteiger partial charge on any atom is 0.309 e. The Morgan fingerprint density at radius 2 is 1.89 bits per heavy atom. The number of carbonyl (C=O) groups is 1. The maximum absolute atomic E-state index is 11.8. The molecule has 0 saturated heterocycles. The van der Waals surface area contributed by atoms with Crippen molar-refractivity contribution in [3.05, 3.63) is 65.7 Å². The van der Waals surface area contributed by atoms with Gasteiger partial charge in [0.1, 0.15) is 17.9 Å². The molecule has 0 radical (unpaired) electrons. The van der Waals surface area contributed by atoms with E-state index in [2.05, 4.69) is 4.98 Å². The normalized spacial score (nSPS) is 18.1. The van der Waals surface area contributed by atoms with Crippen molar-refractivity contribution < 1.29 is 19.0 Å². The van der Waals surface area contributed by atoms with Crippen LogP contribution in [0.15, 0.2) is 54.6 Å². The molecule has 2 unspecified atom stereocenters. The Hall–Kier alpha value is -3.08. The standard InChI is InChI=1S/C22H21NO4/c1-25-20-11-9-16-15(17-12-18(17)22(24)26-2)8-10-19(21(16)23-20)27-13-14-6-4-3-5-7-14/h3-11,17-18H,12-13H2,1-2H3. The van der Waals surface area contributed by atoms with E-state index in [4.69, 9.17) is 14.2 Å². The van der Waals surface area contributed by atoms with Gasteiger partial charge in [-0.05, 0) is 35.6 Å². The van der Waals surface area contributed by atoms with Crippen LogP contribution in [0.25, 0.3) is 10.9 Å². The van der Waals surface area contributed by atoms with Crippen molar-refractivity contribution >= 4 is 16.9 Å². The highest BCUT2D eigenvalue weighted by molar-refractivity contribution is 5.90. The van der Waals surface area contributed by atoms with Crippen molar-refractivity contribution in [3.8, 4) is 11.6 Å². The van der Waals surface area contributed by atoms with E-state index in [0.29, 0.717) is 18.2 Å². The quantitative estimate of drug-likeness (QED) is 0.617. The van der Waals surface area contributed by atoms with Gasteiger partial charge in [0, 0.05) is 11.5 Å². The summed E-state index contributed by atoms with van der Waals surface area (Å²) in [6.07, 6.45) is 0.804. The fourth-order valence-corrected chi connectivity index (χ4v) is 3.44. The number of methoxy groups -OCH3 is 2. The molecule has 5 heteroatoms. The highest BCUT2D eigenvalue weighted by Gasteiger charge is 2.45. The van der Waals surface area contributed by atoms with E-state index >= 15 is 0 Å². The lowest BCUT2D eigenvalue weighted by Gasteiger charge is -2.13. The van der Waals surface area contributed by atoms with Gasteiger partial charge in [-0.3, -0.25) is 4.79 Å². The van der Waals surface area contributed by atoms with E-state index in [-0.39, 0.29) is 17.8 Å². The minimum Gasteiger partial charge on any atom is -0.487 e. The van der Waals surface area contributed by atoms with Crippen LogP contribution in [0.1, 0.15) is 23.5 Å². The fourth-order valence-electron chi connectivity index (χ4n) is 3.44. The second-order valence-corrected chi connectivity index (χ2v) is 6.65. The zero-order chi connectivity index (χ0) is 18.8. The Balaban J connectivity index is 1.68. The minimum absolute atomic E-state index is 0.0728. The van der Waals surface area contributed by atoms with Crippen molar-refractivity contribution in [3.63, 3.8) is 0 Å². The van der Waals surface area contributed by atoms with Gasteiger partial charge in [0.05, 0.1) is 20.1 Å². The van der Waals surface area contributed by atoms with Crippen LogP contribution in [0.5, 0.6) is 11.6 Å². The molecule has 1 saturated carbocycles. The molecular weight excluding hydrogens is 342 g/mol. The van der Waals surface area contributed by atoms with Crippen molar-refractivity contribution in [2.24, 2.45) is 5.92 Å². The van der Waals surface area contributed by atoms with Crippen molar-refractivity contribution in [2.45, 2.75) is 18.9 Å². The van der Waals surface area contributed by atoms with Crippen LogP contribution in [-0.2, 0) is 16.1 Å². The molecule has 2 atom stereocenters. The number of esters is 1. The maximum atomic E-state index is 11.8. The Morgan fingerprint density at radius 1 is 1.07 bits per heavy atom. The summed E-state index contributed by atoms with van der Waals surface area (Å²) in [6.45, 7) is 0.461. The first-order valence-electron chi connectivity index (χ1n) is 8.93. The number of hydrogen-bond donors (Lipinski definition) is 0. The van der Waals surface area contributed by atoms with Gasteiger partial charge in [0.2, 0.25) is 5.88 Å². The van der Waals surface area contributed by atoms with Crippen molar-refractivity contribution in [1.82, 2.24) is 4.98 Å². The van der Waals surface area contributed by atoms with Gasteiger partial charge in [0.15, 0.2) is 0 Å². The van der Waals surface area contributed by atoms with Gasteiger partial charge in [-0.2, -0.15) is 0 Å². The van der Waals surface area contributed by atoms with Crippen LogP contribution in [0, 0.1) is 5.92 Å². The van der Waals surface area contributed by atoms with E-state index in [9.17, 15) is 4.79 Å². The van der Waals surface area contributed by atoms with Crippen LogP contribution in [0.3, 0.4) is 0 Å². The van der Waals surface area contributed by atoms with Crippen molar-refractivity contribution in [2.75, 3.05) is 14.2 Å². The zero-order valence-electron chi connectivity index (χ0n) is 15.3. The number of fused-ring (bicyclic) bond motifs is 1. The number of ether oxygens (including phenoxy) is 3. The number of rotatable bonds is 6. The monoisotopic (exact) mass is 363 g/mol. The Bertz CT molecular complexity index is 971. The lowest BCUT2D eigenvalue weighted by Crippen LogP contribution is -2.04. The number of pyridine rings is 1. The molecule has 0 N–H and O–H groups in total. The van der Waals surface area contributed by atoms with E-state index in [1.54, 1.807) is 7.11 Å². The summed E-state index contributed by atoms with van der Waals surface area (Å²) in [4.78, 5) is 16.4. The first-order chi connectivity index (χ1) is 13.2. The van der Waals surface area contributed by atoms with Gasteiger partial charge in [-0.25, -0.2) is 4.98 Å². The molecule has 1 fully saturated rings. The molecule has 0 bridgehead atoms. The summed E-state index contributed by atoms with van der Waals surface area (Å²) in [5, 5.41) is 0.984. The Labute approximate surface area is 157 Å². The molecule has 1 aromatic heterocycles. The molecule has 0 aliphatic heterocycles. The molecule has 1 heterocycles. The predicted octanol–water partition coefficient (Wildman–Crippen LogP) is 4.10. The molecule has 5 nitrogen and oxygen atoms in total. The van der Waals surface area contributed by atoms with Crippen LogP contribution in [0.4, 0.5) is 0 Å². The fraction of sp³-hybridized carbons (Fsp3) is 0.273. The second-order valence-electron chi connectivity index (χ2n) is 6.65. The second kappa shape index (κ2) is 7.27. The third-order valence-corrected chi connectivity index (χ3v) is 4.97. The third kappa shape index (κ3) is 3.45. The summed E-state index contributed by atoms with van der Waals surface area (Å²) in [6, 6.07) is 17.8. The van der Waals surface area contributed by atoms with E-state index in [1.807, 2.05) is 54.6 Å². The van der Waals surface area contributed by atoms with Crippen LogP contribution < -0.4 is 9.47 Å².